The van der Waals surface area contributed by atoms with Crippen LogP contribution in [-0.4, -0.2) is 37.8 Å². The number of esters is 1. The summed E-state index contributed by atoms with van der Waals surface area (Å²) in [5.74, 6) is 0.197. The fourth-order valence-electron chi connectivity index (χ4n) is 2.18. The van der Waals surface area contributed by atoms with Gasteiger partial charge in [0, 0.05) is 6.07 Å². The average Bonchev–Trinajstić information content (AvgIpc) is 2.65. The Morgan fingerprint density at radius 3 is 2.42 bits per heavy atom. The van der Waals surface area contributed by atoms with E-state index in [9.17, 15) is 14.9 Å². The molecule has 0 bridgehead atoms. The third-order valence-electron chi connectivity index (χ3n) is 3.33. The lowest BCUT2D eigenvalue weighted by Gasteiger charge is -2.12. The zero-order valence-electron chi connectivity index (χ0n) is 14.5. The molecule has 138 valence electrons. The average molecular weight is 361 g/mol. The highest BCUT2D eigenvalue weighted by molar-refractivity contribution is 5.95. The van der Waals surface area contributed by atoms with Crippen LogP contribution in [-0.2, 0) is 4.74 Å². The second kappa shape index (κ2) is 9.26. The minimum atomic E-state index is -0.838. The second-order valence-electron chi connectivity index (χ2n) is 5.01. The van der Waals surface area contributed by atoms with Gasteiger partial charge in [-0.05, 0) is 19.1 Å². The van der Waals surface area contributed by atoms with Crippen LogP contribution in [0.15, 0.2) is 42.5 Å². The summed E-state index contributed by atoms with van der Waals surface area (Å²) in [6, 6.07) is 11.4. The number of nitro benzene ring substituents is 1. The van der Waals surface area contributed by atoms with Gasteiger partial charge in [0.1, 0.15) is 24.5 Å². The summed E-state index contributed by atoms with van der Waals surface area (Å²) in [4.78, 5) is 22.8. The lowest BCUT2D eigenvalue weighted by molar-refractivity contribution is -0.385. The predicted octanol–water partition coefficient (Wildman–Crippen LogP) is 3.24. The minimum absolute atomic E-state index is 0.0551. The maximum absolute atomic E-state index is 12.2. The zero-order valence-corrected chi connectivity index (χ0v) is 14.5. The number of carbonyl (C=O) groups excluding carboxylic acids is 1. The van der Waals surface area contributed by atoms with Gasteiger partial charge >= 0.3 is 5.97 Å². The van der Waals surface area contributed by atoms with Gasteiger partial charge in [-0.3, -0.25) is 10.1 Å². The number of ether oxygens (including phenoxy) is 4. The Labute approximate surface area is 150 Å². The molecule has 0 atom stereocenters. The minimum Gasteiger partial charge on any atom is -0.493 e. The van der Waals surface area contributed by atoms with Crippen molar-refractivity contribution in [1.29, 1.82) is 0 Å². The second-order valence-corrected chi connectivity index (χ2v) is 5.01. The summed E-state index contributed by atoms with van der Waals surface area (Å²) in [6.07, 6.45) is 0. The molecule has 0 fully saturated rings. The molecule has 0 aliphatic heterocycles. The molecule has 0 aliphatic rings. The molecule has 0 saturated carbocycles. The topological polar surface area (TPSA) is 97.1 Å². The van der Waals surface area contributed by atoms with Gasteiger partial charge in [-0.2, -0.15) is 0 Å². The zero-order chi connectivity index (χ0) is 18.9. The largest absolute Gasteiger partial charge is 0.493 e. The lowest BCUT2D eigenvalue weighted by atomic mass is 10.1. The van der Waals surface area contributed by atoms with Crippen LogP contribution in [0, 0.1) is 10.1 Å². The molecule has 0 aromatic heterocycles. The molecular weight excluding hydrogens is 342 g/mol. The molecule has 0 saturated heterocycles. The van der Waals surface area contributed by atoms with Crippen LogP contribution in [0.5, 0.6) is 17.2 Å². The van der Waals surface area contributed by atoms with Crippen LogP contribution in [0.3, 0.4) is 0 Å². The summed E-state index contributed by atoms with van der Waals surface area (Å²) < 4.78 is 20.9. The van der Waals surface area contributed by atoms with Gasteiger partial charge in [-0.1, -0.05) is 18.2 Å². The maximum Gasteiger partial charge on any atom is 0.345 e. The molecule has 8 nitrogen and oxygen atoms in total. The van der Waals surface area contributed by atoms with E-state index in [0.29, 0.717) is 12.4 Å². The Morgan fingerprint density at radius 1 is 1.08 bits per heavy atom. The Hall–Kier alpha value is -3.29. The number of hydrogen-bond acceptors (Lipinski definition) is 7. The molecule has 0 N–H and O–H groups in total. The van der Waals surface area contributed by atoms with E-state index in [2.05, 4.69) is 0 Å². The number of benzene rings is 2. The van der Waals surface area contributed by atoms with E-state index >= 15 is 0 Å². The van der Waals surface area contributed by atoms with Gasteiger partial charge in [0.25, 0.3) is 5.69 Å². The van der Waals surface area contributed by atoms with Crippen LogP contribution < -0.4 is 14.2 Å². The molecular formula is C18H19NO7. The first-order valence-corrected chi connectivity index (χ1v) is 7.91. The van der Waals surface area contributed by atoms with E-state index in [1.165, 1.54) is 13.2 Å². The highest BCUT2D eigenvalue weighted by Gasteiger charge is 2.25. The van der Waals surface area contributed by atoms with Crippen molar-refractivity contribution in [1.82, 2.24) is 0 Å². The van der Waals surface area contributed by atoms with Gasteiger partial charge in [0.05, 0.1) is 24.7 Å². The summed E-state index contributed by atoms with van der Waals surface area (Å²) in [7, 11) is 1.38. The SMILES string of the molecule is CCOc1cc([N+](=O)[O-])c(C(=O)OCCOc2ccccc2)cc1OC. The summed E-state index contributed by atoms with van der Waals surface area (Å²) in [6.45, 7) is 2.10. The fourth-order valence-corrected chi connectivity index (χ4v) is 2.18. The molecule has 0 unspecified atom stereocenters. The highest BCUT2D eigenvalue weighted by atomic mass is 16.6. The first kappa shape index (κ1) is 19.0. The van der Waals surface area contributed by atoms with Crippen molar-refractivity contribution in [2.24, 2.45) is 0 Å². The Balaban J connectivity index is 2.07. The van der Waals surface area contributed by atoms with E-state index in [1.54, 1.807) is 19.1 Å². The lowest BCUT2D eigenvalue weighted by Crippen LogP contribution is -2.14. The van der Waals surface area contributed by atoms with Crippen molar-refractivity contribution < 1.29 is 28.7 Å². The van der Waals surface area contributed by atoms with Crippen LogP contribution in [0.1, 0.15) is 17.3 Å². The van der Waals surface area contributed by atoms with Crippen LogP contribution in [0.2, 0.25) is 0 Å². The smallest absolute Gasteiger partial charge is 0.345 e. The van der Waals surface area contributed by atoms with E-state index in [4.69, 9.17) is 18.9 Å². The normalized spacial score (nSPS) is 10.1. The molecule has 2 aromatic carbocycles. The molecule has 2 aromatic rings. The van der Waals surface area contributed by atoms with Gasteiger partial charge in [0.15, 0.2) is 11.5 Å². The van der Waals surface area contributed by atoms with E-state index in [0.717, 1.165) is 6.07 Å². The highest BCUT2D eigenvalue weighted by Crippen LogP contribution is 2.35. The number of para-hydroxylation sites is 1. The molecule has 0 amide bonds. The number of hydrogen-bond donors (Lipinski definition) is 0. The van der Waals surface area contributed by atoms with E-state index < -0.39 is 16.6 Å². The van der Waals surface area contributed by atoms with Crippen LogP contribution >= 0.6 is 0 Å². The predicted molar refractivity (Wildman–Crippen MR) is 93.0 cm³/mol. The fraction of sp³-hybridized carbons (Fsp3) is 0.278. The number of methoxy groups -OCH3 is 1. The van der Waals surface area contributed by atoms with Crippen LogP contribution in [0.4, 0.5) is 5.69 Å². The van der Waals surface area contributed by atoms with E-state index in [1.807, 2.05) is 18.2 Å². The molecule has 26 heavy (non-hydrogen) atoms. The first-order valence-electron chi connectivity index (χ1n) is 7.91. The molecule has 8 heteroatoms. The Morgan fingerprint density at radius 2 is 1.81 bits per heavy atom. The molecule has 0 spiro atoms. The van der Waals surface area contributed by atoms with Gasteiger partial charge in [0.2, 0.25) is 0 Å². The van der Waals surface area contributed by atoms with Crippen molar-refractivity contribution in [2.45, 2.75) is 6.92 Å². The Kier molecular flexibility index (Phi) is 6.78. The molecule has 0 heterocycles. The summed E-state index contributed by atoms with van der Waals surface area (Å²) in [5.41, 5.74) is -0.627. The molecule has 0 aliphatic carbocycles. The number of carbonyl (C=O) groups is 1. The third-order valence-corrected chi connectivity index (χ3v) is 3.33. The maximum atomic E-state index is 12.2. The number of nitrogens with zero attached hydrogens (tertiary/aromatic N) is 1. The number of rotatable bonds is 9. The molecule has 2 rings (SSSR count). The summed E-state index contributed by atoms with van der Waals surface area (Å²) >= 11 is 0. The van der Waals surface area contributed by atoms with Gasteiger partial charge in [-0.15, -0.1) is 0 Å². The standard InChI is InChI=1S/C18H19NO7/c1-3-24-17-12-15(19(21)22)14(11-16(17)23-2)18(20)26-10-9-25-13-7-5-4-6-8-13/h4-8,11-12H,3,9-10H2,1-2H3. The number of nitro groups is 1. The summed E-state index contributed by atoms with van der Waals surface area (Å²) in [5, 5.41) is 11.3. The Bertz CT molecular complexity index is 762. The van der Waals surface area contributed by atoms with E-state index in [-0.39, 0.29) is 30.3 Å². The monoisotopic (exact) mass is 361 g/mol. The molecule has 0 radical (unpaired) electrons. The third kappa shape index (κ3) is 4.85. The van der Waals surface area contributed by atoms with Crippen molar-refractivity contribution >= 4 is 11.7 Å². The van der Waals surface area contributed by atoms with Crippen molar-refractivity contribution in [3.05, 3.63) is 58.1 Å². The van der Waals surface area contributed by atoms with Crippen molar-refractivity contribution in [2.75, 3.05) is 26.9 Å². The van der Waals surface area contributed by atoms with Gasteiger partial charge in [-0.25, -0.2) is 4.79 Å². The van der Waals surface area contributed by atoms with Crippen molar-refractivity contribution in [3.63, 3.8) is 0 Å². The van der Waals surface area contributed by atoms with Gasteiger partial charge < -0.3 is 18.9 Å². The first-order chi connectivity index (χ1) is 12.6. The quantitative estimate of drug-likeness (QED) is 0.293. The van der Waals surface area contributed by atoms with Crippen molar-refractivity contribution in [3.8, 4) is 17.2 Å². The van der Waals surface area contributed by atoms with Crippen LogP contribution in [0.25, 0.3) is 0 Å².